The van der Waals surface area contributed by atoms with Crippen molar-refractivity contribution in [3.05, 3.63) is 24.3 Å². The van der Waals surface area contributed by atoms with Gasteiger partial charge in [-0.05, 0) is 38.1 Å². The number of benzene rings is 1. The third-order valence-corrected chi connectivity index (χ3v) is 4.53. The van der Waals surface area contributed by atoms with E-state index in [1.165, 1.54) is 0 Å². The molecule has 1 aromatic carbocycles. The normalized spacial score (nSPS) is 20.3. The molecule has 0 spiro atoms. The highest BCUT2D eigenvalue weighted by Gasteiger charge is 2.18. The quantitative estimate of drug-likeness (QED) is 0.914. The summed E-state index contributed by atoms with van der Waals surface area (Å²) in [6.45, 7) is 6.05. The highest BCUT2D eigenvalue weighted by atomic mass is 32.2. The number of morpholine rings is 1. The van der Waals surface area contributed by atoms with E-state index in [1.54, 1.807) is 19.1 Å². The van der Waals surface area contributed by atoms with E-state index in [2.05, 4.69) is 16.5 Å². The lowest BCUT2D eigenvalue weighted by Crippen LogP contribution is -2.43. The van der Waals surface area contributed by atoms with Gasteiger partial charge in [-0.25, -0.2) is 8.42 Å². The van der Waals surface area contributed by atoms with Crippen molar-refractivity contribution in [2.45, 2.75) is 19.9 Å². The molecule has 1 heterocycles. The summed E-state index contributed by atoms with van der Waals surface area (Å²) in [5.41, 5.74) is 1.70. The molecule has 0 amide bonds. The molecule has 5 nitrogen and oxygen atoms in total. The predicted octanol–water partition coefficient (Wildman–Crippen LogP) is 1.67. The topological polar surface area (TPSA) is 58.6 Å². The second-order valence-corrected chi connectivity index (χ2v) is 6.68. The van der Waals surface area contributed by atoms with Gasteiger partial charge >= 0.3 is 0 Å². The van der Waals surface area contributed by atoms with Gasteiger partial charge in [-0.2, -0.15) is 0 Å². The number of anilines is 2. The SMILES string of the molecule is CCS(=O)(=O)Nc1ccc(N2CCOCC2C)cc1. The van der Waals surface area contributed by atoms with Gasteiger partial charge < -0.3 is 9.64 Å². The van der Waals surface area contributed by atoms with Crippen LogP contribution < -0.4 is 9.62 Å². The molecular weight excluding hydrogens is 264 g/mol. The van der Waals surface area contributed by atoms with Crippen LogP contribution in [0.1, 0.15) is 13.8 Å². The van der Waals surface area contributed by atoms with E-state index in [0.29, 0.717) is 11.7 Å². The maximum atomic E-state index is 11.5. The second-order valence-electron chi connectivity index (χ2n) is 4.67. The average molecular weight is 284 g/mol. The van der Waals surface area contributed by atoms with E-state index in [-0.39, 0.29) is 5.75 Å². The number of rotatable bonds is 4. The van der Waals surface area contributed by atoms with Gasteiger partial charge in [0.05, 0.1) is 19.0 Å². The van der Waals surface area contributed by atoms with E-state index in [1.807, 2.05) is 12.1 Å². The van der Waals surface area contributed by atoms with Gasteiger partial charge in [0.15, 0.2) is 0 Å². The van der Waals surface area contributed by atoms with Crippen LogP contribution in [0.3, 0.4) is 0 Å². The molecule has 106 valence electrons. The zero-order valence-electron chi connectivity index (χ0n) is 11.3. The Morgan fingerprint density at radius 1 is 1.37 bits per heavy atom. The molecule has 19 heavy (non-hydrogen) atoms. The molecule has 0 aliphatic carbocycles. The second kappa shape index (κ2) is 5.79. The molecular formula is C13H20N2O3S. The van der Waals surface area contributed by atoms with Gasteiger partial charge in [-0.1, -0.05) is 0 Å². The van der Waals surface area contributed by atoms with Gasteiger partial charge in [-0.3, -0.25) is 4.72 Å². The third kappa shape index (κ3) is 3.61. The summed E-state index contributed by atoms with van der Waals surface area (Å²) >= 11 is 0. The smallest absolute Gasteiger partial charge is 0.232 e. The Labute approximate surface area is 114 Å². The molecule has 1 aliphatic rings. The molecule has 1 fully saturated rings. The van der Waals surface area contributed by atoms with Gasteiger partial charge in [0, 0.05) is 24.0 Å². The summed E-state index contributed by atoms with van der Waals surface area (Å²) in [6, 6.07) is 7.81. The summed E-state index contributed by atoms with van der Waals surface area (Å²) in [5.74, 6) is 0.0786. The van der Waals surface area contributed by atoms with Crippen molar-refractivity contribution in [3.63, 3.8) is 0 Å². The molecule has 1 saturated heterocycles. The minimum Gasteiger partial charge on any atom is -0.377 e. The van der Waals surface area contributed by atoms with Gasteiger partial charge in [0.25, 0.3) is 0 Å². The Morgan fingerprint density at radius 2 is 2.05 bits per heavy atom. The van der Waals surface area contributed by atoms with Crippen LogP contribution in [0.2, 0.25) is 0 Å². The van der Waals surface area contributed by atoms with Crippen molar-refractivity contribution in [1.82, 2.24) is 0 Å². The van der Waals surface area contributed by atoms with Crippen LogP contribution in [0.4, 0.5) is 11.4 Å². The summed E-state index contributed by atoms with van der Waals surface area (Å²) in [6.07, 6.45) is 0. The molecule has 2 rings (SSSR count). The van der Waals surface area contributed by atoms with Crippen LogP contribution in [0.25, 0.3) is 0 Å². The summed E-state index contributed by atoms with van der Waals surface area (Å²) in [7, 11) is -3.20. The molecule has 0 radical (unpaired) electrons. The first-order valence-corrected chi connectivity index (χ1v) is 8.12. The number of ether oxygens (including phenoxy) is 1. The maximum absolute atomic E-state index is 11.5. The Kier molecular flexibility index (Phi) is 4.31. The zero-order valence-corrected chi connectivity index (χ0v) is 12.1. The highest BCUT2D eigenvalue weighted by molar-refractivity contribution is 7.92. The predicted molar refractivity (Wildman–Crippen MR) is 77.2 cm³/mol. The number of hydrogen-bond acceptors (Lipinski definition) is 4. The fourth-order valence-corrected chi connectivity index (χ4v) is 2.72. The molecule has 0 saturated carbocycles. The van der Waals surface area contributed by atoms with Crippen LogP contribution >= 0.6 is 0 Å². The standard InChI is InChI=1S/C13H20N2O3S/c1-3-19(16,17)14-12-4-6-13(7-5-12)15-8-9-18-10-11(15)2/h4-7,11,14H,3,8-10H2,1-2H3. The number of nitrogens with one attached hydrogen (secondary N) is 1. The van der Waals surface area contributed by atoms with E-state index in [9.17, 15) is 8.42 Å². The fraction of sp³-hybridized carbons (Fsp3) is 0.538. The molecule has 1 atom stereocenters. The first-order chi connectivity index (χ1) is 9.02. The molecule has 6 heteroatoms. The van der Waals surface area contributed by atoms with E-state index in [4.69, 9.17) is 4.74 Å². The summed E-state index contributed by atoms with van der Waals surface area (Å²) in [5, 5.41) is 0. The molecule has 0 aromatic heterocycles. The lowest BCUT2D eigenvalue weighted by molar-refractivity contribution is 0.0989. The fourth-order valence-electron chi connectivity index (χ4n) is 2.08. The minimum absolute atomic E-state index is 0.0786. The highest BCUT2D eigenvalue weighted by Crippen LogP contribution is 2.22. The summed E-state index contributed by atoms with van der Waals surface area (Å²) < 4.78 is 30.9. The minimum atomic E-state index is -3.20. The zero-order chi connectivity index (χ0) is 13.9. The monoisotopic (exact) mass is 284 g/mol. The van der Waals surface area contributed by atoms with Gasteiger partial charge in [0.1, 0.15) is 0 Å². The van der Waals surface area contributed by atoms with Crippen LogP contribution in [0.5, 0.6) is 0 Å². The first-order valence-electron chi connectivity index (χ1n) is 6.47. The van der Waals surface area contributed by atoms with Crippen molar-refractivity contribution < 1.29 is 13.2 Å². The van der Waals surface area contributed by atoms with Crippen molar-refractivity contribution in [1.29, 1.82) is 0 Å². The van der Waals surface area contributed by atoms with E-state index >= 15 is 0 Å². The number of nitrogens with zero attached hydrogens (tertiary/aromatic N) is 1. The van der Waals surface area contributed by atoms with Crippen molar-refractivity contribution in [2.24, 2.45) is 0 Å². The largest absolute Gasteiger partial charge is 0.377 e. The van der Waals surface area contributed by atoms with Crippen LogP contribution in [0.15, 0.2) is 24.3 Å². The third-order valence-electron chi connectivity index (χ3n) is 3.22. The molecule has 1 N–H and O–H groups in total. The van der Waals surface area contributed by atoms with Crippen LogP contribution in [0, 0.1) is 0 Å². The van der Waals surface area contributed by atoms with Gasteiger partial charge in [0.2, 0.25) is 10.0 Å². The Balaban J connectivity index is 2.10. The molecule has 1 unspecified atom stereocenters. The van der Waals surface area contributed by atoms with Crippen molar-refractivity contribution in [2.75, 3.05) is 35.1 Å². The molecule has 0 bridgehead atoms. The lowest BCUT2D eigenvalue weighted by atomic mass is 10.2. The van der Waals surface area contributed by atoms with Crippen LogP contribution in [-0.4, -0.2) is 40.0 Å². The average Bonchev–Trinajstić information content (AvgIpc) is 2.40. The Hall–Kier alpha value is -1.27. The number of sulfonamides is 1. The van der Waals surface area contributed by atoms with Crippen molar-refractivity contribution in [3.8, 4) is 0 Å². The van der Waals surface area contributed by atoms with Crippen molar-refractivity contribution >= 4 is 21.4 Å². The van der Waals surface area contributed by atoms with Crippen LogP contribution in [-0.2, 0) is 14.8 Å². The maximum Gasteiger partial charge on any atom is 0.232 e. The Morgan fingerprint density at radius 3 is 2.63 bits per heavy atom. The molecule has 1 aromatic rings. The van der Waals surface area contributed by atoms with E-state index in [0.717, 1.165) is 25.4 Å². The van der Waals surface area contributed by atoms with E-state index < -0.39 is 10.0 Å². The number of hydrogen-bond donors (Lipinski definition) is 1. The first kappa shape index (κ1) is 14.1. The molecule has 1 aliphatic heterocycles. The Bertz CT molecular complexity index is 513. The van der Waals surface area contributed by atoms with Gasteiger partial charge in [-0.15, -0.1) is 0 Å². The lowest BCUT2D eigenvalue weighted by Gasteiger charge is -2.35. The summed E-state index contributed by atoms with van der Waals surface area (Å²) in [4.78, 5) is 2.27.